The number of rotatable bonds is 4. The molecule has 0 spiro atoms. The van der Waals surface area contributed by atoms with Gasteiger partial charge in [0.25, 0.3) is 0 Å². The minimum absolute atomic E-state index is 0.0318. The minimum atomic E-state index is -0.492. The molecule has 0 saturated carbocycles. The highest BCUT2D eigenvalue weighted by Gasteiger charge is 2.22. The predicted octanol–water partition coefficient (Wildman–Crippen LogP) is 1.31. The van der Waals surface area contributed by atoms with Gasteiger partial charge in [0.1, 0.15) is 5.75 Å². The molecule has 1 aromatic rings. The number of hydrogen-bond acceptors (Lipinski definition) is 4. The Morgan fingerprint density at radius 2 is 1.89 bits per heavy atom. The molecule has 0 saturated heterocycles. The van der Waals surface area contributed by atoms with Crippen LogP contribution in [0.1, 0.15) is 37.9 Å². The lowest BCUT2D eigenvalue weighted by molar-refractivity contribution is 0.248. The molecule has 18 heavy (non-hydrogen) atoms. The van der Waals surface area contributed by atoms with E-state index in [1.807, 2.05) is 18.2 Å². The van der Waals surface area contributed by atoms with Gasteiger partial charge in [0.2, 0.25) is 0 Å². The number of nitrogens with two attached hydrogens (primary N) is 2. The van der Waals surface area contributed by atoms with Crippen LogP contribution in [0.4, 0.5) is 0 Å². The van der Waals surface area contributed by atoms with Crippen LogP contribution in [0.15, 0.2) is 18.2 Å². The van der Waals surface area contributed by atoms with E-state index in [0.717, 1.165) is 5.56 Å². The maximum absolute atomic E-state index is 9.11. The van der Waals surface area contributed by atoms with Crippen LogP contribution in [0.2, 0.25) is 0 Å². The van der Waals surface area contributed by atoms with Gasteiger partial charge in [0.15, 0.2) is 0 Å². The van der Waals surface area contributed by atoms with Crippen LogP contribution in [0.3, 0.4) is 0 Å². The Kier molecular flexibility index (Phi) is 4.73. The summed E-state index contributed by atoms with van der Waals surface area (Å²) in [5.74, 6) is 0.708. The first-order valence-electron chi connectivity index (χ1n) is 6.11. The van der Waals surface area contributed by atoms with Crippen molar-refractivity contribution < 1.29 is 9.84 Å². The van der Waals surface area contributed by atoms with Crippen molar-refractivity contribution in [1.82, 2.24) is 0 Å². The molecule has 0 aromatic heterocycles. The molecule has 0 bridgehead atoms. The maximum Gasteiger partial charge on any atom is 0.123 e. The van der Waals surface area contributed by atoms with Gasteiger partial charge in [-0.3, -0.25) is 0 Å². The molecule has 0 aliphatic carbocycles. The average Bonchev–Trinajstić information content (AvgIpc) is 2.35. The van der Waals surface area contributed by atoms with Gasteiger partial charge in [-0.1, -0.05) is 26.8 Å². The van der Waals surface area contributed by atoms with Gasteiger partial charge < -0.3 is 21.3 Å². The number of methoxy groups -OCH3 is 1. The van der Waals surface area contributed by atoms with Gasteiger partial charge in [0.05, 0.1) is 19.8 Å². The largest absolute Gasteiger partial charge is 0.496 e. The Morgan fingerprint density at radius 3 is 2.33 bits per heavy atom. The summed E-state index contributed by atoms with van der Waals surface area (Å²) in [7, 11) is 1.60. The predicted molar refractivity (Wildman–Crippen MR) is 73.7 cm³/mol. The first-order valence-corrected chi connectivity index (χ1v) is 6.11. The molecule has 4 nitrogen and oxygen atoms in total. The Bertz CT molecular complexity index is 399. The van der Waals surface area contributed by atoms with Crippen molar-refractivity contribution in [2.75, 3.05) is 13.7 Å². The lowest BCUT2D eigenvalue weighted by Gasteiger charge is -2.25. The summed E-state index contributed by atoms with van der Waals surface area (Å²) in [4.78, 5) is 0. The molecule has 5 N–H and O–H groups in total. The lowest BCUT2D eigenvalue weighted by atomic mass is 9.84. The van der Waals surface area contributed by atoms with Crippen molar-refractivity contribution in [3.8, 4) is 5.75 Å². The molecule has 4 heteroatoms. The third kappa shape index (κ3) is 3.22. The second-order valence-electron chi connectivity index (χ2n) is 5.58. The highest BCUT2D eigenvalue weighted by atomic mass is 16.5. The molecule has 0 radical (unpaired) electrons. The first-order chi connectivity index (χ1) is 8.31. The lowest BCUT2D eigenvalue weighted by Crippen LogP contribution is -2.37. The van der Waals surface area contributed by atoms with Crippen LogP contribution >= 0.6 is 0 Å². The molecule has 0 aliphatic rings. The molecule has 0 aliphatic heterocycles. The number of aliphatic hydroxyl groups excluding tert-OH is 1. The molecule has 2 unspecified atom stereocenters. The van der Waals surface area contributed by atoms with E-state index in [2.05, 4.69) is 20.8 Å². The van der Waals surface area contributed by atoms with Crippen molar-refractivity contribution in [3.05, 3.63) is 29.3 Å². The molecular weight excluding hydrogens is 228 g/mol. The van der Waals surface area contributed by atoms with Gasteiger partial charge in [-0.15, -0.1) is 0 Å². The van der Waals surface area contributed by atoms with Crippen LogP contribution in [0.25, 0.3) is 0 Å². The average molecular weight is 252 g/mol. The Morgan fingerprint density at radius 1 is 1.28 bits per heavy atom. The molecule has 0 amide bonds. The summed E-state index contributed by atoms with van der Waals surface area (Å²) in [5, 5.41) is 9.11. The maximum atomic E-state index is 9.11. The minimum Gasteiger partial charge on any atom is -0.496 e. The van der Waals surface area contributed by atoms with Gasteiger partial charge >= 0.3 is 0 Å². The van der Waals surface area contributed by atoms with E-state index in [1.54, 1.807) is 7.11 Å². The van der Waals surface area contributed by atoms with E-state index in [4.69, 9.17) is 21.3 Å². The highest BCUT2D eigenvalue weighted by molar-refractivity contribution is 5.42. The third-order valence-electron chi connectivity index (χ3n) is 3.13. The molecule has 1 aromatic carbocycles. The Hall–Kier alpha value is -1.10. The fourth-order valence-electron chi connectivity index (χ4n) is 1.81. The fraction of sp³-hybridized carbons (Fsp3) is 0.571. The van der Waals surface area contributed by atoms with Crippen LogP contribution < -0.4 is 16.2 Å². The zero-order valence-corrected chi connectivity index (χ0v) is 11.6. The van der Waals surface area contributed by atoms with Crippen molar-refractivity contribution in [2.24, 2.45) is 11.5 Å². The van der Waals surface area contributed by atoms with Crippen molar-refractivity contribution in [2.45, 2.75) is 38.3 Å². The van der Waals surface area contributed by atoms with Crippen LogP contribution in [-0.2, 0) is 5.41 Å². The van der Waals surface area contributed by atoms with Crippen LogP contribution in [0.5, 0.6) is 5.75 Å². The zero-order chi connectivity index (χ0) is 13.9. The number of benzene rings is 1. The number of aliphatic hydroxyl groups is 1. The van der Waals surface area contributed by atoms with E-state index in [-0.39, 0.29) is 12.0 Å². The zero-order valence-electron chi connectivity index (χ0n) is 11.6. The van der Waals surface area contributed by atoms with Gasteiger partial charge in [0, 0.05) is 11.6 Å². The highest BCUT2D eigenvalue weighted by Crippen LogP contribution is 2.31. The monoisotopic (exact) mass is 252 g/mol. The standard InChI is InChI=1S/C14H24N2O2/c1-14(2,3)9-5-6-12(18-4)10(7-9)13(16)11(15)8-17/h5-7,11,13,17H,8,15-16H2,1-4H3. The Labute approximate surface area is 109 Å². The molecule has 1 rings (SSSR count). The molecular formula is C14H24N2O2. The van der Waals surface area contributed by atoms with E-state index >= 15 is 0 Å². The summed E-state index contributed by atoms with van der Waals surface area (Å²) in [6.45, 7) is 6.26. The summed E-state index contributed by atoms with van der Waals surface area (Å²) < 4.78 is 5.31. The topological polar surface area (TPSA) is 81.5 Å². The van der Waals surface area contributed by atoms with E-state index in [0.29, 0.717) is 5.75 Å². The van der Waals surface area contributed by atoms with E-state index in [1.165, 1.54) is 5.56 Å². The molecule has 2 atom stereocenters. The molecule has 102 valence electrons. The van der Waals surface area contributed by atoms with Crippen LogP contribution in [0, 0.1) is 0 Å². The van der Waals surface area contributed by atoms with E-state index in [9.17, 15) is 0 Å². The number of hydrogen-bond donors (Lipinski definition) is 3. The SMILES string of the molecule is COc1ccc(C(C)(C)C)cc1C(N)C(N)CO. The van der Waals surface area contributed by atoms with E-state index < -0.39 is 12.1 Å². The number of ether oxygens (including phenoxy) is 1. The second-order valence-corrected chi connectivity index (χ2v) is 5.58. The van der Waals surface area contributed by atoms with Crippen LogP contribution in [-0.4, -0.2) is 24.9 Å². The fourth-order valence-corrected chi connectivity index (χ4v) is 1.81. The van der Waals surface area contributed by atoms with Crippen molar-refractivity contribution in [1.29, 1.82) is 0 Å². The van der Waals surface area contributed by atoms with Gasteiger partial charge in [-0.05, 0) is 23.1 Å². The summed E-state index contributed by atoms with van der Waals surface area (Å²) in [6.07, 6.45) is 0. The second kappa shape index (κ2) is 5.69. The van der Waals surface area contributed by atoms with Gasteiger partial charge in [-0.25, -0.2) is 0 Å². The molecule has 0 fully saturated rings. The van der Waals surface area contributed by atoms with Gasteiger partial charge in [-0.2, -0.15) is 0 Å². The summed E-state index contributed by atoms with van der Waals surface area (Å²) in [6, 6.07) is 5.01. The van der Waals surface area contributed by atoms with Crippen molar-refractivity contribution >= 4 is 0 Å². The van der Waals surface area contributed by atoms with Crippen molar-refractivity contribution in [3.63, 3.8) is 0 Å². The smallest absolute Gasteiger partial charge is 0.123 e. The summed E-state index contributed by atoms with van der Waals surface area (Å²) >= 11 is 0. The molecule has 0 heterocycles. The third-order valence-corrected chi connectivity index (χ3v) is 3.13. The first kappa shape index (κ1) is 15.0. The quantitative estimate of drug-likeness (QED) is 0.754. The Balaban J connectivity index is 3.22. The normalized spacial score (nSPS) is 15.3. The summed E-state index contributed by atoms with van der Waals surface area (Å²) in [5.41, 5.74) is 13.9.